The van der Waals surface area contributed by atoms with Crippen molar-refractivity contribution in [2.45, 2.75) is 24.9 Å². The zero-order chi connectivity index (χ0) is 8.77. The summed E-state index contributed by atoms with van der Waals surface area (Å²) in [5.74, 6) is 0. The minimum Gasteiger partial charge on any atom is -0.326 e. The largest absolute Gasteiger partial charge is 0.326 e. The van der Waals surface area contributed by atoms with Gasteiger partial charge in [0, 0.05) is 6.04 Å². The van der Waals surface area contributed by atoms with Gasteiger partial charge >= 0.3 is 0 Å². The molecule has 0 aliphatic heterocycles. The molecule has 64 valence electrons. The average molecular weight is 162 g/mol. The van der Waals surface area contributed by atoms with Crippen LogP contribution in [-0.4, -0.2) is 6.04 Å². The molecule has 0 heterocycles. The first kappa shape index (κ1) is 7.77. The van der Waals surface area contributed by atoms with Crippen LogP contribution in [0.1, 0.15) is 18.1 Å². The first-order valence-corrected chi connectivity index (χ1v) is 4.25. The third-order valence-corrected chi connectivity index (χ3v) is 2.81. The van der Waals surface area contributed by atoms with Gasteiger partial charge in [0.05, 0.1) is 5.54 Å². The second-order valence-corrected chi connectivity index (χ2v) is 3.75. The Balaban J connectivity index is 2.55. The number of benzene rings is 1. The lowest BCUT2D eigenvalue weighted by atomic mass is 9.93. The van der Waals surface area contributed by atoms with Crippen molar-refractivity contribution in [1.82, 2.24) is 0 Å². The van der Waals surface area contributed by atoms with Crippen LogP contribution in [0.5, 0.6) is 0 Å². The molecule has 0 radical (unpaired) electrons. The van der Waals surface area contributed by atoms with Crippen molar-refractivity contribution in [3.05, 3.63) is 35.4 Å². The number of fused-ring (bicyclic) bond motifs is 1. The summed E-state index contributed by atoms with van der Waals surface area (Å²) in [6.45, 7) is 2.00. The molecule has 2 atom stereocenters. The van der Waals surface area contributed by atoms with E-state index in [0.29, 0.717) is 0 Å². The Kier molecular flexibility index (Phi) is 1.50. The fraction of sp³-hybridized carbons (Fsp3) is 0.400. The minimum absolute atomic E-state index is 0.0647. The molecule has 0 bridgehead atoms. The van der Waals surface area contributed by atoms with E-state index in [0.717, 1.165) is 6.42 Å². The van der Waals surface area contributed by atoms with Crippen LogP contribution in [0, 0.1) is 0 Å². The zero-order valence-corrected chi connectivity index (χ0v) is 7.25. The van der Waals surface area contributed by atoms with E-state index in [1.54, 1.807) is 0 Å². The predicted octanol–water partition coefficient (Wildman–Crippen LogP) is 0.744. The highest BCUT2D eigenvalue weighted by Crippen LogP contribution is 2.32. The summed E-state index contributed by atoms with van der Waals surface area (Å²) < 4.78 is 0. The van der Waals surface area contributed by atoms with Gasteiger partial charge in [-0.3, -0.25) is 0 Å². The molecule has 0 amide bonds. The van der Waals surface area contributed by atoms with Gasteiger partial charge < -0.3 is 11.5 Å². The molecule has 1 unspecified atom stereocenters. The second kappa shape index (κ2) is 2.31. The van der Waals surface area contributed by atoms with E-state index in [-0.39, 0.29) is 11.6 Å². The monoisotopic (exact) mass is 162 g/mol. The third kappa shape index (κ3) is 0.886. The average Bonchev–Trinajstić information content (AvgIpc) is 2.25. The smallest absolute Gasteiger partial charge is 0.0540 e. The highest BCUT2D eigenvalue weighted by atomic mass is 14.9. The molecule has 12 heavy (non-hydrogen) atoms. The number of nitrogens with two attached hydrogens (primary N) is 2. The summed E-state index contributed by atoms with van der Waals surface area (Å²) >= 11 is 0. The lowest BCUT2D eigenvalue weighted by Gasteiger charge is -2.24. The highest BCUT2D eigenvalue weighted by Gasteiger charge is 2.36. The van der Waals surface area contributed by atoms with Crippen molar-refractivity contribution < 1.29 is 0 Å². The van der Waals surface area contributed by atoms with Crippen LogP contribution in [0.3, 0.4) is 0 Å². The highest BCUT2D eigenvalue weighted by molar-refractivity contribution is 5.40. The van der Waals surface area contributed by atoms with Crippen molar-refractivity contribution in [2.24, 2.45) is 11.5 Å². The molecule has 1 aromatic rings. The SMILES string of the molecule is CC1(N)c2ccccc2C[C@H]1N. The van der Waals surface area contributed by atoms with Gasteiger partial charge in [-0.25, -0.2) is 0 Å². The first-order valence-electron chi connectivity index (χ1n) is 4.25. The molecule has 1 aromatic carbocycles. The maximum atomic E-state index is 6.11. The Morgan fingerprint density at radius 3 is 2.75 bits per heavy atom. The Bertz CT molecular complexity index is 304. The van der Waals surface area contributed by atoms with E-state index in [4.69, 9.17) is 11.5 Å². The summed E-state index contributed by atoms with van der Waals surface area (Å²) in [4.78, 5) is 0. The molecule has 0 aromatic heterocycles. The van der Waals surface area contributed by atoms with Crippen molar-refractivity contribution in [1.29, 1.82) is 0 Å². The normalized spacial score (nSPS) is 33.4. The molecule has 0 saturated heterocycles. The summed E-state index contributed by atoms with van der Waals surface area (Å²) in [5.41, 5.74) is 14.2. The van der Waals surface area contributed by atoms with Crippen LogP contribution in [0.15, 0.2) is 24.3 Å². The molecule has 0 saturated carbocycles. The van der Waals surface area contributed by atoms with Gasteiger partial charge in [-0.2, -0.15) is 0 Å². The fourth-order valence-electron chi connectivity index (χ4n) is 1.87. The van der Waals surface area contributed by atoms with Crippen LogP contribution in [0.25, 0.3) is 0 Å². The summed E-state index contributed by atoms with van der Waals surface area (Å²) in [7, 11) is 0. The third-order valence-electron chi connectivity index (χ3n) is 2.81. The molecule has 4 N–H and O–H groups in total. The topological polar surface area (TPSA) is 52.0 Å². The van der Waals surface area contributed by atoms with Crippen molar-refractivity contribution in [3.63, 3.8) is 0 Å². The fourth-order valence-corrected chi connectivity index (χ4v) is 1.87. The van der Waals surface area contributed by atoms with E-state index in [1.165, 1.54) is 11.1 Å². The summed E-state index contributed by atoms with van der Waals surface area (Å²) in [5, 5.41) is 0. The van der Waals surface area contributed by atoms with Crippen molar-refractivity contribution in [2.75, 3.05) is 0 Å². The van der Waals surface area contributed by atoms with Gasteiger partial charge in [0.2, 0.25) is 0 Å². The maximum Gasteiger partial charge on any atom is 0.0540 e. The Morgan fingerprint density at radius 1 is 1.42 bits per heavy atom. The molecule has 1 aliphatic carbocycles. The molecule has 0 spiro atoms. The van der Waals surface area contributed by atoms with Gasteiger partial charge in [-0.05, 0) is 24.5 Å². The van der Waals surface area contributed by atoms with Crippen LogP contribution < -0.4 is 11.5 Å². The molecule has 0 fully saturated rings. The lowest BCUT2D eigenvalue weighted by molar-refractivity contribution is 0.421. The van der Waals surface area contributed by atoms with E-state index < -0.39 is 0 Å². The van der Waals surface area contributed by atoms with Crippen molar-refractivity contribution in [3.8, 4) is 0 Å². The van der Waals surface area contributed by atoms with Gasteiger partial charge in [-0.1, -0.05) is 24.3 Å². The van der Waals surface area contributed by atoms with Crippen LogP contribution in [0.2, 0.25) is 0 Å². The Labute approximate surface area is 72.6 Å². The quantitative estimate of drug-likeness (QED) is 0.591. The van der Waals surface area contributed by atoms with Crippen LogP contribution in [0.4, 0.5) is 0 Å². The van der Waals surface area contributed by atoms with Gasteiger partial charge in [0.25, 0.3) is 0 Å². The predicted molar refractivity (Wildman–Crippen MR) is 49.7 cm³/mol. The van der Waals surface area contributed by atoms with E-state index in [2.05, 4.69) is 12.1 Å². The molecular formula is C10H14N2. The van der Waals surface area contributed by atoms with Crippen LogP contribution in [-0.2, 0) is 12.0 Å². The maximum absolute atomic E-state index is 6.11. The Morgan fingerprint density at radius 2 is 2.08 bits per heavy atom. The lowest BCUT2D eigenvalue weighted by Crippen LogP contribution is -2.47. The summed E-state index contributed by atoms with van der Waals surface area (Å²) in [6, 6.07) is 8.29. The Hall–Kier alpha value is -0.860. The number of hydrogen-bond donors (Lipinski definition) is 2. The molecular weight excluding hydrogens is 148 g/mol. The number of hydrogen-bond acceptors (Lipinski definition) is 2. The van der Waals surface area contributed by atoms with E-state index >= 15 is 0 Å². The molecule has 1 aliphatic rings. The summed E-state index contributed by atoms with van der Waals surface area (Å²) in [6.07, 6.45) is 0.906. The van der Waals surface area contributed by atoms with E-state index in [1.807, 2.05) is 19.1 Å². The molecule has 2 nitrogen and oxygen atoms in total. The van der Waals surface area contributed by atoms with Gasteiger partial charge in [0.15, 0.2) is 0 Å². The first-order chi connectivity index (χ1) is 5.62. The standard InChI is InChI=1S/C10H14N2/c1-10(12)8-5-3-2-4-7(8)6-9(10)11/h2-5,9H,6,11-12H2,1H3/t9-,10?/m1/s1. The minimum atomic E-state index is -0.337. The molecule has 2 rings (SSSR count). The van der Waals surface area contributed by atoms with Crippen molar-refractivity contribution >= 4 is 0 Å². The molecule has 2 heteroatoms. The number of rotatable bonds is 0. The van der Waals surface area contributed by atoms with Crippen LogP contribution >= 0.6 is 0 Å². The zero-order valence-electron chi connectivity index (χ0n) is 7.25. The second-order valence-electron chi connectivity index (χ2n) is 3.75. The van der Waals surface area contributed by atoms with E-state index in [9.17, 15) is 0 Å². The van der Waals surface area contributed by atoms with Gasteiger partial charge in [-0.15, -0.1) is 0 Å². The van der Waals surface area contributed by atoms with Gasteiger partial charge in [0.1, 0.15) is 0 Å².